The molecule has 0 spiro atoms. The minimum absolute atomic E-state index is 0.0712. The lowest BCUT2D eigenvalue weighted by Crippen LogP contribution is -2.52. The fourth-order valence-corrected chi connectivity index (χ4v) is 4.25. The van der Waals surface area contributed by atoms with E-state index >= 15 is 0 Å². The van der Waals surface area contributed by atoms with Gasteiger partial charge in [0.1, 0.15) is 6.04 Å². The van der Waals surface area contributed by atoms with Crippen molar-refractivity contribution >= 4 is 40.7 Å². The quantitative estimate of drug-likeness (QED) is 0.238. The lowest BCUT2D eigenvalue weighted by molar-refractivity contribution is -0.385. The Morgan fingerprint density at radius 2 is 1.65 bits per heavy atom. The highest BCUT2D eigenvalue weighted by Crippen LogP contribution is 2.25. The third-order valence-corrected chi connectivity index (χ3v) is 6.88. The number of hydrogen-bond acceptors (Lipinski definition) is 4. The summed E-state index contributed by atoms with van der Waals surface area (Å²) in [5, 5.41) is 15.3. The van der Waals surface area contributed by atoms with Crippen molar-refractivity contribution in [1.29, 1.82) is 0 Å². The number of nitro groups is 1. The lowest BCUT2D eigenvalue weighted by atomic mass is 10.0. The molecule has 0 bridgehead atoms. The van der Waals surface area contributed by atoms with Crippen molar-refractivity contribution in [2.24, 2.45) is 0 Å². The third kappa shape index (κ3) is 7.78. The van der Waals surface area contributed by atoms with E-state index in [9.17, 15) is 19.7 Å². The maximum Gasteiger partial charge on any atom is 0.273 e. The Labute approximate surface area is 226 Å². The number of hydrogen-bond donors (Lipinski definition) is 1. The van der Waals surface area contributed by atoms with Crippen LogP contribution in [0.4, 0.5) is 5.69 Å². The molecule has 2 amide bonds. The van der Waals surface area contributed by atoms with Gasteiger partial charge in [0.25, 0.3) is 5.69 Å². The van der Waals surface area contributed by atoms with E-state index in [1.165, 1.54) is 11.0 Å². The molecule has 0 aliphatic heterocycles. The molecule has 0 saturated heterocycles. The van der Waals surface area contributed by atoms with Crippen LogP contribution in [0.25, 0.3) is 0 Å². The van der Waals surface area contributed by atoms with Crippen LogP contribution in [0, 0.1) is 10.1 Å². The van der Waals surface area contributed by atoms with Crippen LogP contribution in [0.1, 0.15) is 37.0 Å². The highest BCUT2D eigenvalue weighted by Gasteiger charge is 2.32. The summed E-state index contributed by atoms with van der Waals surface area (Å²) in [5.41, 5.74) is 1.69. The summed E-state index contributed by atoms with van der Waals surface area (Å²) in [7, 11) is 0. The molecule has 0 aromatic heterocycles. The van der Waals surface area contributed by atoms with Gasteiger partial charge in [0.15, 0.2) is 0 Å². The van der Waals surface area contributed by atoms with Gasteiger partial charge in [-0.25, -0.2) is 0 Å². The van der Waals surface area contributed by atoms with Crippen molar-refractivity contribution in [3.63, 3.8) is 0 Å². The highest BCUT2D eigenvalue weighted by atomic mass is 35.5. The average molecular weight is 542 g/mol. The van der Waals surface area contributed by atoms with Crippen molar-refractivity contribution in [1.82, 2.24) is 10.2 Å². The smallest absolute Gasteiger partial charge is 0.273 e. The molecule has 0 saturated carbocycles. The van der Waals surface area contributed by atoms with Gasteiger partial charge in [0.05, 0.1) is 21.4 Å². The number of amides is 2. The molecular weight excluding hydrogens is 513 g/mol. The van der Waals surface area contributed by atoms with Gasteiger partial charge in [-0.1, -0.05) is 84.7 Å². The predicted octanol–water partition coefficient (Wildman–Crippen LogP) is 6.00. The third-order valence-electron chi connectivity index (χ3n) is 6.14. The van der Waals surface area contributed by atoms with Crippen LogP contribution >= 0.6 is 23.2 Å². The summed E-state index contributed by atoms with van der Waals surface area (Å²) in [6.07, 6.45) is 0.758. The SMILES string of the molecule is CCC(C)NC(=O)C(Cc1ccccc1)N(Cc1ccc(Cl)c(Cl)c1)C(=O)Cc1ccccc1[N+](=O)[O-]. The Hall–Kier alpha value is -3.42. The molecule has 194 valence electrons. The van der Waals surface area contributed by atoms with Crippen LogP contribution in [0.3, 0.4) is 0 Å². The summed E-state index contributed by atoms with van der Waals surface area (Å²) >= 11 is 12.3. The Morgan fingerprint density at radius 1 is 0.973 bits per heavy atom. The number of nitro benzene ring substituents is 1. The van der Waals surface area contributed by atoms with E-state index in [0.29, 0.717) is 15.6 Å². The predicted molar refractivity (Wildman–Crippen MR) is 146 cm³/mol. The van der Waals surface area contributed by atoms with Gasteiger partial charge in [-0.3, -0.25) is 19.7 Å². The zero-order valence-corrected chi connectivity index (χ0v) is 22.2. The number of halogens is 2. The van der Waals surface area contributed by atoms with Crippen molar-refractivity contribution in [3.05, 3.63) is 110 Å². The van der Waals surface area contributed by atoms with Crippen LogP contribution in [0.15, 0.2) is 72.8 Å². The molecule has 2 unspecified atom stereocenters. The Balaban J connectivity index is 2.04. The average Bonchev–Trinajstić information content (AvgIpc) is 2.88. The van der Waals surface area contributed by atoms with Crippen molar-refractivity contribution in [3.8, 4) is 0 Å². The van der Waals surface area contributed by atoms with Crippen molar-refractivity contribution in [2.75, 3.05) is 0 Å². The first-order valence-electron chi connectivity index (χ1n) is 12.0. The van der Waals surface area contributed by atoms with Crippen molar-refractivity contribution < 1.29 is 14.5 Å². The van der Waals surface area contributed by atoms with Gasteiger partial charge in [-0.2, -0.15) is 0 Å². The molecule has 37 heavy (non-hydrogen) atoms. The van der Waals surface area contributed by atoms with E-state index in [0.717, 1.165) is 12.0 Å². The molecule has 3 aromatic rings. The molecule has 3 aromatic carbocycles. The first-order valence-corrected chi connectivity index (χ1v) is 12.7. The zero-order valence-electron chi connectivity index (χ0n) is 20.7. The van der Waals surface area contributed by atoms with E-state index < -0.39 is 16.9 Å². The Morgan fingerprint density at radius 3 is 2.30 bits per heavy atom. The Bertz CT molecular complexity index is 1250. The van der Waals surface area contributed by atoms with Gasteiger partial charge in [0.2, 0.25) is 11.8 Å². The second-order valence-corrected chi connectivity index (χ2v) is 9.67. The minimum Gasteiger partial charge on any atom is -0.352 e. The van der Waals surface area contributed by atoms with Crippen LogP contribution in [-0.2, 0) is 29.0 Å². The number of carbonyl (C=O) groups is 2. The molecule has 2 atom stereocenters. The van der Waals surface area contributed by atoms with Gasteiger partial charge in [-0.05, 0) is 36.6 Å². The maximum atomic E-state index is 13.8. The Kier molecular flexibility index (Phi) is 10.1. The second kappa shape index (κ2) is 13.2. The molecule has 0 heterocycles. The molecular formula is C28H29Cl2N3O4. The van der Waals surface area contributed by atoms with E-state index in [1.807, 2.05) is 44.2 Å². The summed E-state index contributed by atoms with van der Waals surface area (Å²) in [5.74, 6) is -0.713. The van der Waals surface area contributed by atoms with Gasteiger partial charge in [-0.15, -0.1) is 0 Å². The number of carbonyl (C=O) groups excluding carboxylic acids is 2. The molecule has 3 rings (SSSR count). The number of nitrogens with one attached hydrogen (secondary N) is 1. The van der Waals surface area contributed by atoms with Gasteiger partial charge in [0, 0.05) is 30.6 Å². The highest BCUT2D eigenvalue weighted by molar-refractivity contribution is 6.42. The topological polar surface area (TPSA) is 92.6 Å². The van der Waals surface area contributed by atoms with Crippen LogP contribution in [-0.4, -0.2) is 33.7 Å². The van der Waals surface area contributed by atoms with Crippen LogP contribution < -0.4 is 5.32 Å². The van der Waals surface area contributed by atoms with E-state index in [-0.39, 0.29) is 42.6 Å². The van der Waals surface area contributed by atoms with E-state index in [4.69, 9.17) is 23.2 Å². The minimum atomic E-state index is -0.860. The van der Waals surface area contributed by atoms with Crippen LogP contribution in [0.2, 0.25) is 10.0 Å². The van der Waals surface area contributed by atoms with Gasteiger partial charge >= 0.3 is 0 Å². The zero-order chi connectivity index (χ0) is 26.9. The molecule has 0 aliphatic carbocycles. The fourth-order valence-electron chi connectivity index (χ4n) is 3.93. The summed E-state index contributed by atoms with van der Waals surface area (Å²) < 4.78 is 0. The van der Waals surface area contributed by atoms with E-state index in [2.05, 4.69) is 5.32 Å². The number of rotatable bonds is 11. The largest absolute Gasteiger partial charge is 0.352 e. The summed E-state index contributed by atoms with van der Waals surface area (Å²) in [6.45, 7) is 3.93. The summed E-state index contributed by atoms with van der Waals surface area (Å²) in [4.78, 5) is 39.9. The van der Waals surface area contributed by atoms with Gasteiger partial charge < -0.3 is 10.2 Å². The number of benzene rings is 3. The standard InChI is InChI=1S/C28H29Cl2N3O4/c1-3-19(2)31-28(35)26(16-20-9-5-4-6-10-20)32(18-21-13-14-23(29)24(30)15-21)27(34)17-22-11-7-8-12-25(22)33(36)37/h4-15,19,26H,3,16-18H2,1-2H3,(H,31,35). The molecule has 0 aliphatic rings. The van der Waals surface area contributed by atoms with Crippen molar-refractivity contribution in [2.45, 2.75) is 51.7 Å². The van der Waals surface area contributed by atoms with E-state index in [1.54, 1.807) is 36.4 Å². The fraction of sp³-hybridized carbons (Fsp3) is 0.286. The first kappa shape index (κ1) is 28.2. The molecule has 1 N–H and O–H groups in total. The summed E-state index contributed by atoms with van der Waals surface area (Å²) in [6, 6.07) is 19.6. The molecule has 9 heteroatoms. The first-order chi connectivity index (χ1) is 17.7. The number of nitrogens with zero attached hydrogens (tertiary/aromatic N) is 2. The maximum absolute atomic E-state index is 13.8. The second-order valence-electron chi connectivity index (χ2n) is 8.86. The van der Waals surface area contributed by atoms with Crippen LogP contribution in [0.5, 0.6) is 0 Å². The monoisotopic (exact) mass is 541 g/mol. The lowest BCUT2D eigenvalue weighted by Gasteiger charge is -2.32. The number of para-hydroxylation sites is 1. The molecule has 0 fully saturated rings. The normalized spacial score (nSPS) is 12.4. The molecule has 7 nitrogen and oxygen atoms in total. The molecule has 0 radical (unpaired) electrons.